The second-order valence-corrected chi connectivity index (χ2v) is 24.3. The average Bonchev–Trinajstić information content (AvgIpc) is 3.97. The Morgan fingerprint density at radius 3 is 2.55 bits per heavy atom. The van der Waals surface area contributed by atoms with Crippen LogP contribution >= 0.6 is 0 Å². The number of allylic oxidation sites excluding steroid dienone is 1. The van der Waals surface area contributed by atoms with Crippen molar-refractivity contribution in [2.45, 2.75) is 102 Å². The van der Waals surface area contributed by atoms with Gasteiger partial charge in [-0.25, -0.2) is 14.4 Å². The number of carbonyl (C=O) groups excluding carboxylic acids is 4. The number of methoxy groups -OCH3 is 1. The van der Waals surface area contributed by atoms with Gasteiger partial charge in [0.15, 0.2) is 9.68 Å². The molecule has 6 bridgehead atoms. The Morgan fingerprint density at radius 1 is 1.10 bits per heavy atom. The number of hydrazine groups is 1. The number of rotatable bonds is 8. The number of fused-ring (bicyclic) bond motifs is 6. The molecule has 19 heteroatoms. The Hall–Kier alpha value is -5.35. The van der Waals surface area contributed by atoms with E-state index in [1.165, 1.54) is 14.8 Å². The summed E-state index contributed by atoms with van der Waals surface area (Å²) in [4.78, 5) is 67.8. The molecule has 4 aromatic rings. The first-order chi connectivity index (χ1) is 32.8. The maximum atomic E-state index is 14.8. The Morgan fingerprint density at radius 2 is 1.84 bits per heavy atom. The number of nitrogens with zero attached hydrogens (tertiary/aromatic N) is 5. The van der Waals surface area contributed by atoms with Gasteiger partial charge in [-0.3, -0.25) is 34.1 Å². The lowest BCUT2D eigenvalue weighted by Gasteiger charge is -2.35. The normalized spacial score (nSPS) is 21.6. The summed E-state index contributed by atoms with van der Waals surface area (Å²) >= 11 is 0. The van der Waals surface area contributed by atoms with Crippen molar-refractivity contribution in [3.63, 3.8) is 0 Å². The molecule has 3 fully saturated rings. The number of nitrogens with one attached hydrogen (secondary N) is 3. The van der Waals surface area contributed by atoms with Crippen LogP contribution in [0, 0.1) is 10.2 Å². The molecule has 365 valence electrons. The molecule has 4 amide bonds. The summed E-state index contributed by atoms with van der Waals surface area (Å²) in [7, 11) is 3.85. The minimum Gasteiger partial charge on any atom is -0.508 e. The van der Waals surface area contributed by atoms with Gasteiger partial charge >= 0.3 is 12.0 Å². The van der Waals surface area contributed by atoms with Gasteiger partial charge in [0, 0.05) is 89.6 Å². The van der Waals surface area contributed by atoms with Crippen LogP contribution in [0.15, 0.2) is 66.0 Å². The van der Waals surface area contributed by atoms with E-state index in [0.717, 1.165) is 57.3 Å². The number of ether oxygens (including phenoxy) is 2. The number of phenolic OH excluding ortho intramolecular Hbond substituents is 1. The number of benzene rings is 2. The zero-order chi connectivity index (χ0) is 49.4. The van der Waals surface area contributed by atoms with Crippen molar-refractivity contribution in [3.05, 3.63) is 82.8 Å². The molecule has 16 nitrogen and oxygen atoms in total. The van der Waals surface area contributed by atoms with Crippen molar-refractivity contribution in [1.82, 2.24) is 34.8 Å². The van der Waals surface area contributed by atoms with Gasteiger partial charge < -0.3 is 29.0 Å². The second kappa shape index (κ2) is 20.2. The summed E-state index contributed by atoms with van der Waals surface area (Å²) in [6.07, 6.45) is 6.47. The predicted octanol–water partition coefficient (Wildman–Crippen LogP) is 6.01. The lowest BCUT2D eigenvalue weighted by molar-refractivity contribution is -0.154. The third-order valence-corrected chi connectivity index (χ3v) is 17.1. The van der Waals surface area contributed by atoms with Gasteiger partial charge in [-0.05, 0) is 129 Å². The lowest BCUT2D eigenvalue weighted by atomic mass is 9.84. The minimum atomic E-state index is -2.74. The summed E-state index contributed by atoms with van der Waals surface area (Å²) in [5.74, 6) is -1.09. The third kappa shape index (κ3) is 10.7. The standard InChI is InChI=1S/C50H63N8O8SSi2/c1-7-57-40-17-16-33-28-37(40)38(43(57)36-14-10-18-52-44(36)50(4,68)65-6)29-49(2,3)30-66-47(62)39-15-11-19-58(53-39)46(61)41(26-31-24-34(33)27-35(59)25-31)69-54-45(60)42(32-12-8-9-13-32)55(5)48(63)56-20-22-67(51,64)23-21-56/h10,14,16-18,24-25,27-28,39,41,51,53,59H,7-9,11-13,15,19-23,26,29-30H2,1-6H3,(H,54,60)/t39-,41-,50+/m0/s1. The van der Waals surface area contributed by atoms with E-state index in [0.29, 0.717) is 56.5 Å². The van der Waals surface area contributed by atoms with Crippen LogP contribution in [0.5, 0.6) is 5.75 Å². The maximum absolute atomic E-state index is 14.8. The van der Waals surface area contributed by atoms with E-state index < -0.39 is 59.5 Å². The molecule has 3 atom stereocenters. The molecule has 5 radical (unpaired) electrons. The van der Waals surface area contributed by atoms with Crippen molar-refractivity contribution in [3.8, 4) is 28.1 Å². The summed E-state index contributed by atoms with van der Waals surface area (Å²) in [5.41, 5.74) is 9.76. The molecule has 2 aromatic carbocycles. The van der Waals surface area contributed by atoms with Crippen molar-refractivity contribution in [2.75, 3.05) is 51.9 Å². The summed E-state index contributed by atoms with van der Waals surface area (Å²) < 4.78 is 34.7. The van der Waals surface area contributed by atoms with Crippen LogP contribution in [0.1, 0.15) is 83.0 Å². The second-order valence-electron chi connectivity index (χ2n) is 19.7. The number of hydrogen-bond acceptors (Lipinski definition) is 11. The molecule has 5 heterocycles. The summed E-state index contributed by atoms with van der Waals surface area (Å²) in [5, 5.41) is 12.9. The fourth-order valence-corrected chi connectivity index (χ4v) is 12.6. The highest BCUT2D eigenvalue weighted by Crippen LogP contribution is 2.43. The number of aromatic nitrogens is 2. The van der Waals surface area contributed by atoms with E-state index in [2.05, 4.69) is 64.2 Å². The number of likely N-dealkylation sites (N-methyl/N-ethyl adjacent to an activating group) is 1. The van der Waals surface area contributed by atoms with Gasteiger partial charge in [-0.2, -0.15) is 0 Å². The Bertz CT molecular complexity index is 2790. The highest BCUT2D eigenvalue weighted by atomic mass is 32.2. The van der Waals surface area contributed by atoms with Crippen LogP contribution in [0.3, 0.4) is 0 Å². The lowest BCUT2D eigenvalue weighted by Crippen LogP contribution is -2.57. The van der Waals surface area contributed by atoms with Crippen molar-refractivity contribution in [1.29, 1.82) is 4.78 Å². The zero-order valence-corrected chi connectivity index (χ0v) is 43.2. The molecule has 4 N–H and O–H groups in total. The van der Waals surface area contributed by atoms with Crippen molar-refractivity contribution in [2.24, 2.45) is 5.41 Å². The topological polar surface area (TPSA) is 199 Å². The Labute approximate surface area is 410 Å². The molecule has 0 unspecified atom stereocenters. The van der Waals surface area contributed by atoms with Crippen LogP contribution in [0.4, 0.5) is 4.79 Å². The molecule has 1 saturated carbocycles. The Kier molecular flexibility index (Phi) is 14.6. The fourth-order valence-electron chi connectivity index (χ4n) is 10.1. The van der Waals surface area contributed by atoms with Gasteiger partial charge in [0.25, 0.3) is 5.91 Å². The van der Waals surface area contributed by atoms with Gasteiger partial charge in [0.1, 0.15) is 17.5 Å². The van der Waals surface area contributed by atoms with E-state index in [-0.39, 0.29) is 55.0 Å². The molecular weight excluding hydrogens is 929 g/mol. The summed E-state index contributed by atoms with van der Waals surface area (Å²) in [6, 6.07) is 14.4. The van der Waals surface area contributed by atoms with Crippen LogP contribution in [-0.2, 0) is 58.2 Å². The molecule has 2 aromatic heterocycles. The number of urea groups is 1. The number of pyridine rings is 1. The largest absolute Gasteiger partial charge is 0.508 e. The highest BCUT2D eigenvalue weighted by molar-refractivity contribution is 7.92. The van der Waals surface area contributed by atoms with E-state index in [1.807, 2.05) is 25.1 Å². The highest BCUT2D eigenvalue weighted by Gasteiger charge is 2.37. The minimum absolute atomic E-state index is 0.0194. The van der Waals surface area contributed by atoms with Gasteiger partial charge in [0.05, 0.1) is 39.0 Å². The fraction of sp³-hybridized carbons (Fsp3) is 0.500. The molecular formula is C50H63N8O8SSi2. The van der Waals surface area contributed by atoms with Crippen molar-refractivity contribution < 1.29 is 38.0 Å². The molecule has 4 aliphatic rings. The number of hydrogen-bond donors (Lipinski definition) is 4. The first-order valence-electron chi connectivity index (χ1n) is 23.8. The quantitative estimate of drug-likeness (QED) is 0.0921. The van der Waals surface area contributed by atoms with E-state index in [4.69, 9.17) is 19.2 Å². The molecule has 2 saturated heterocycles. The van der Waals surface area contributed by atoms with Crippen LogP contribution < -0.4 is 10.4 Å². The van der Waals surface area contributed by atoms with E-state index >= 15 is 0 Å². The number of phenols is 1. The van der Waals surface area contributed by atoms with Crippen LogP contribution in [0.2, 0.25) is 5.54 Å². The monoisotopic (exact) mass is 991 g/mol. The molecule has 0 spiro atoms. The molecule has 3 aliphatic heterocycles. The van der Waals surface area contributed by atoms with Gasteiger partial charge in [0.2, 0.25) is 5.91 Å². The van der Waals surface area contributed by atoms with E-state index in [1.54, 1.807) is 32.5 Å². The predicted molar refractivity (Wildman–Crippen MR) is 267 cm³/mol. The number of cyclic esters (lactones) is 1. The first-order valence-corrected chi connectivity index (χ1v) is 27.3. The number of aromatic hydroxyl groups is 1. The number of aryl methyl sites for hydroxylation is 1. The van der Waals surface area contributed by atoms with Crippen LogP contribution in [0.25, 0.3) is 33.3 Å². The zero-order valence-electron chi connectivity index (χ0n) is 40.4. The van der Waals surface area contributed by atoms with Crippen LogP contribution in [-0.4, -0.2) is 135 Å². The van der Waals surface area contributed by atoms with Gasteiger partial charge in [-0.1, -0.05) is 26.0 Å². The first kappa shape index (κ1) is 50.1. The molecule has 1 aliphatic carbocycles. The number of amides is 4. The number of carbonyl (C=O) groups is 4. The SMILES string of the molecule is CCn1c(-c2cccnc2[C@@](C)([Si])OC)c2c3cc(ccc31)-c1cc(O)cc(c1)C[C@H]([Si]NC(=O)C(=C1CCCC1)N(C)C(=O)N1CCS(=N)(=O)CC1)C(=O)N1CCC[C@H](N1)C(=O)OCC(C)(C)C2. The molecule has 69 heavy (non-hydrogen) atoms. The summed E-state index contributed by atoms with van der Waals surface area (Å²) in [6.45, 7) is 9.58. The molecule has 8 rings (SSSR count). The van der Waals surface area contributed by atoms with Gasteiger partial charge in [-0.15, -0.1) is 0 Å². The third-order valence-electron chi connectivity index (χ3n) is 13.8. The van der Waals surface area contributed by atoms with Crippen molar-refractivity contribution >= 4 is 64.4 Å². The Balaban J connectivity index is 1.19. The average molecular weight is 992 g/mol. The smallest absolute Gasteiger partial charge is 0.324 e. The van der Waals surface area contributed by atoms with E-state index in [9.17, 15) is 28.5 Å². The maximum Gasteiger partial charge on any atom is 0.324 e. The number of esters is 1.